The van der Waals surface area contributed by atoms with E-state index in [0.29, 0.717) is 0 Å². The SMILES string of the molecule is CC.CCC1CCN(CC2CCC2)CC1. The van der Waals surface area contributed by atoms with Crippen LogP contribution in [0.4, 0.5) is 0 Å². The molecule has 1 aliphatic heterocycles. The molecule has 0 aromatic heterocycles. The summed E-state index contributed by atoms with van der Waals surface area (Å²) in [5, 5.41) is 0. The number of likely N-dealkylation sites (tertiary alicyclic amines) is 1. The quantitative estimate of drug-likeness (QED) is 0.683. The second-order valence-corrected chi connectivity index (χ2v) is 4.95. The molecule has 1 nitrogen and oxygen atoms in total. The number of nitrogens with zero attached hydrogens (tertiary/aromatic N) is 1. The maximum Gasteiger partial charge on any atom is 0.000966 e. The van der Waals surface area contributed by atoms with Gasteiger partial charge in [-0.25, -0.2) is 0 Å². The van der Waals surface area contributed by atoms with Crippen molar-refractivity contribution >= 4 is 0 Å². The van der Waals surface area contributed by atoms with Gasteiger partial charge in [0, 0.05) is 6.54 Å². The predicted molar refractivity (Wildman–Crippen MR) is 68.1 cm³/mol. The standard InChI is InChI=1S/C12H23N.C2H6/c1-2-11-6-8-13(9-7-11)10-12-4-3-5-12;1-2/h11-12H,2-10H2,1H3;1-2H3. The molecule has 2 rings (SSSR count). The molecule has 0 bridgehead atoms. The average molecular weight is 211 g/mol. The van der Waals surface area contributed by atoms with Crippen LogP contribution in [-0.2, 0) is 0 Å². The molecule has 2 aliphatic rings. The molecule has 0 atom stereocenters. The first-order chi connectivity index (χ1) is 7.38. The van der Waals surface area contributed by atoms with E-state index in [0.717, 1.165) is 11.8 Å². The summed E-state index contributed by atoms with van der Waals surface area (Å²) in [6.07, 6.45) is 8.83. The molecule has 0 aromatic carbocycles. The predicted octanol–water partition coefficient (Wildman–Crippen LogP) is 3.93. The van der Waals surface area contributed by atoms with Crippen LogP contribution < -0.4 is 0 Å². The highest BCUT2D eigenvalue weighted by Crippen LogP contribution is 2.29. The maximum atomic E-state index is 2.70. The molecule has 15 heavy (non-hydrogen) atoms. The average Bonchev–Trinajstić information content (AvgIpc) is 2.27. The van der Waals surface area contributed by atoms with E-state index in [2.05, 4.69) is 11.8 Å². The Bertz CT molecular complexity index is 143. The van der Waals surface area contributed by atoms with Crippen molar-refractivity contribution in [3.05, 3.63) is 0 Å². The van der Waals surface area contributed by atoms with Gasteiger partial charge in [-0.2, -0.15) is 0 Å². The lowest BCUT2D eigenvalue weighted by molar-refractivity contribution is 0.130. The van der Waals surface area contributed by atoms with Gasteiger partial charge in [0.25, 0.3) is 0 Å². The van der Waals surface area contributed by atoms with Crippen molar-refractivity contribution in [2.45, 2.75) is 59.3 Å². The van der Waals surface area contributed by atoms with E-state index in [4.69, 9.17) is 0 Å². The van der Waals surface area contributed by atoms with E-state index < -0.39 is 0 Å². The summed E-state index contributed by atoms with van der Waals surface area (Å²) in [5.41, 5.74) is 0. The molecule has 0 spiro atoms. The zero-order valence-corrected chi connectivity index (χ0v) is 11.0. The number of piperidine rings is 1. The summed E-state index contributed by atoms with van der Waals surface area (Å²) in [7, 11) is 0. The first-order valence-corrected chi connectivity index (χ1v) is 7.11. The van der Waals surface area contributed by atoms with E-state index in [1.54, 1.807) is 0 Å². The van der Waals surface area contributed by atoms with Gasteiger partial charge in [0.2, 0.25) is 0 Å². The molecule has 0 N–H and O–H groups in total. The monoisotopic (exact) mass is 211 g/mol. The van der Waals surface area contributed by atoms with E-state index >= 15 is 0 Å². The fraction of sp³-hybridized carbons (Fsp3) is 1.00. The molecular weight excluding hydrogens is 182 g/mol. The second-order valence-electron chi connectivity index (χ2n) is 4.95. The van der Waals surface area contributed by atoms with Crippen LogP contribution in [0.1, 0.15) is 59.3 Å². The molecule has 90 valence electrons. The molecule has 2 fully saturated rings. The molecule has 0 aromatic rings. The van der Waals surface area contributed by atoms with Crippen LogP contribution in [0.15, 0.2) is 0 Å². The fourth-order valence-electron chi connectivity index (χ4n) is 2.62. The highest BCUT2D eigenvalue weighted by molar-refractivity contribution is 4.77. The molecule has 1 heterocycles. The van der Waals surface area contributed by atoms with E-state index in [9.17, 15) is 0 Å². The van der Waals surface area contributed by atoms with Crippen molar-refractivity contribution in [2.24, 2.45) is 11.8 Å². The third kappa shape index (κ3) is 4.14. The molecule has 1 heteroatoms. The molecule has 1 aliphatic carbocycles. The minimum absolute atomic E-state index is 1.04. The Morgan fingerprint density at radius 1 is 0.933 bits per heavy atom. The van der Waals surface area contributed by atoms with Crippen molar-refractivity contribution < 1.29 is 0 Å². The third-order valence-corrected chi connectivity index (χ3v) is 4.03. The Hall–Kier alpha value is -0.0400. The Morgan fingerprint density at radius 2 is 1.53 bits per heavy atom. The van der Waals surface area contributed by atoms with E-state index in [-0.39, 0.29) is 0 Å². The number of rotatable bonds is 3. The fourth-order valence-corrected chi connectivity index (χ4v) is 2.62. The summed E-state index contributed by atoms with van der Waals surface area (Å²) in [4.78, 5) is 2.70. The van der Waals surface area contributed by atoms with E-state index in [1.165, 1.54) is 58.2 Å². The Kier molecular flexibility index (Phi) is 6.31. The molecule has 0 amide bonds. The second kappa shape index (κ2) is 7.27. The zero-order chi connectivity index (χ0) is 11.1. The van der Waals surface area contributed by atoms with Crippen LogP contribution in [0.5, 0.6) is 0 Å². The van der Waals surface area contributed by atoms with E-state index in [1.807, 2.05) is 13.8 Å². The van der Waals surface area contributed by atoms with Gasteiger partial charge in [-0.1, -0.05) is 33.6 Å². The van der Waals surface area contributed by atoms with Crippen molar-refractivity contribution in [1.82, 2.24) is 4.90 Å². The number of hydrogen-bond acceptors (Lipinski definition) is 1. The third-order valence-electron chi connectivity index (χ3n) is 4.03. The largest absolute Gasteiger partial charge is 0.303 e. The zero-order valence-electron chi connectivity index (χ0n) is 11.0. The molecule has 1 saturated heterocycles. The van der Waals surface area contributed by atoms with Crippen molar-refractivity contribution in [2.75, 3.05) is 19.6 Å². The minimum atomic E-state index is 1.04. The normalized spacial score (nSPS) is 24.2. The Labute approximate surface area is 96.2 Å². The summed E-state index contributed by atoms with van der Waals surface area (Å²) in [6, 6.07) is 0. The van der Waals surface area contributed by atoms with Crippen molar-refractivity contribution in [3.63, 3.8) is 0 Å². The van der Waals surface area contributed by atoms with Crippen LogP contribution in [-0.4, -0.2) is 24.5 Å². The van der Waals surface area contributed by atoms with Gasteiger partial charge in [-0.3, -0.25) is 0 Å². The van der Waals surface area contributed by atoms with Crippen LogP contribution in [0.25, 0.3) is 0 Å². The Balaban J connectivity index is 0.000000531. The first-order valence-electron chi connectivity index (χ1n) is 7.11. The van der Waals surface area contributed by atoms with Crippen LogP contribution >= 0.6 is 0 Å². The lowest BCUT2D eigenvalue weighted by Gasteiger charge is -2.36. The van der Waals surface area contributed by atoms with Crippen LogP contribution in [0, 0.1) is 11.8 Å². The highest BCUT2D eigenvalue weighted by atomic mass is 15.1. The smallest absolute Gasteiger partial charge is 0.000966 e. The minimum Gasteiger partial charge on any atom is -0.303 e. The van der Waals surface area contributed by atoms with Gasteiger partial charge in [0.15, 0.2) is 0 Å². The molecule has 0 radical (unpaired) electrons. The van der Waals surface area contributed by atoms with Gasteiger partial charge < -0.3 is 4.90 Å². The first kappa shape index (κ1) is 13.0. The van der Waals surface area contributed by atoms with Crippen LogP contribution in [0.3, 0.4) is 0 Å². The van der Waals surface area contributed by atoms with Crippen molar-refractivity contribution in [1.29, 1.82) is 0 Å². The summed E-state index contributed by atoms with van der Waals surface area (Å²) >= 11 is 0. The van der Waals surface area contributed by atoms with Gasteiger partial charge in [-0.05, 0) is 50.6 Å². The summed E-state index contributed by atoms with van der Waals surface area (Å²) in [6.45, 7) is 10.5. The van der Waals surface area contributed by atoms with Crippen molar-refractivity contribution in [3.8, 4) is 0 Å². The summed E-state index contributed by atoms with van der Waals surface area (Å²) < 4.78 is 0. The molecule has 0 unspecified atom stereocenters. The summed E-state index contributed by atoms with van der Waals surface area (Å²) in [5.74, 6) is 2.11. The lowest BCUT2D eigenvalue weighted by Crippen LogP contribution is -2.38. The molecule has 1 saturated carbocycles. The van der Waals surface area contributed by atoms with Gasteiger partial charge in [0.05, 0.1) is 0 Å². The van der Waals surface area contributed by atoms with Crippen LogP contribution in [0.2, 0.25) is 0 Å². The Morgan fingerprint density at radius 3 is 1.93 bits per heavy atom. The highest BCUT2D eigenvalue weighted by Gasteiger charge is 2.23. The van der Waals surface area contributed by atoms with Gasteiger partial charge >= 0.3 is 0 Å². The van der Waals surface area contributed by atoms with Gasteiger partial charge in [0.1, 0.15) is 0 Å². The topological polar surface area (TPSA) is 3.24 Å². The number of hydrogen-bond donors (Lipinski definition) is 0. The molecular formula is C14H29N. The van der Waals surface area contributed by atoms with Gasteiger partial charge in [-0.15, -0.1) is 0 Å². The lowest BCUT2D eigenvalue weighted by atomic mass is 9.84. The maximum absolute atomic E-state index is 2.70.